The first-order valence-electron chi connectivity index (χ1n) is 7.95. The Kier molecular flexibility index (Phi) is 7.73. The number of alkyl carbamates (subject to hydrolysis) is 2. The van der Waals surface area contributed by atoms with Crippen molar-refractivity contribution < 1.29 is 32.2 Å². The smallest absolute Gasteiger partial charge is 0.407 e. The van der Waals surface area contributed by atoms with E-state index >= 15 is 0 Å². The molecule has 146 valence electrons. The minimum absolute atomic E-state index is 0.0785. The number of hydrogen-bond donors (Lipinski definition) is 2. The lowest BCUT2D eigenvalue weighted by atomic mass is 10.2. The number of benzene rings is 1. The van der Waals surface area contributed by atoms with Gasteiger partial charge in [0.1, 0.15) is 12.2 Å². The Balaban J connectivity index is 2.54. The molecule has 0 aliphatic carbocycles. The van der Waals surface area contributed by atoms with Gasteiger partial charge in [0.05, 0.1) is 12.5 Å². The maximum atomic E-state index is 12.7. The third-order valence-electron chi connectivity index (χ3n) is 2.90. The molecule has 1 rings (SSSR count). The molecule has 0 aromatic heterocycles. The van der Waals surface area contributed by atoms with Crippen molar-refractivity contribution in [2.24, 2.45) is 0 Å². The van der Waals surface area contributed by atoms with Crippen LogP contribution in [-0.2, 0) is 16.1 Å². The molecule has 26 heavy (non-hydrogen) atoms. The second kappa shape index (κ2) is 9.30. The van der Waals surface area contributed by atoms with E-state index < -0.39 is 43.0 Å². The molecule has 1 atom stereocenters. The number of hydrogen-bond acceptors (Lipinski definition) is 4. The van der Waals surface area contributed by atoms with E-state index in [0.29, 0.717) is 5.56 Å². The van der Waals surface area contributed by atoms with Gasteiger partial charge in [-0.1, -0.05) is 30.3 Å². The molecular formula is C17H23F3N2O4. The molecule has 1 aromatic carbocycles. The van der Waals surface area contributed by atoms with Gasteiger partial charge in [0.2, 0.25) is 0 Å². The van der Waals surface area contributed by atoms with E-state index in [1.165, 1.54) is 0 Å². The number of alkyl halides is 3. The average molecular weight is 376 g/mol. The van der Waals surface area contributed by atoms with Crippen molar-refractivity contribution in [3.05, 3.63) is 35.9 Å². The van der Waals surface area contributed by atoms with E-state index in [9.17, 15) is 22.8 Å². The summed E-state index contributed by atoms with van der Waals surface area (Å²) < 4.78 is 47.9. The zero-order valence-electron chi connectivity index (χ0n) is 14.9. The van der Waals surface area contributed by atoms with Crippen LogP contribution in [0, 0.1) is 0 Å². The summed E-state index contributed by atoms with van der Waals surface area (Å²) in [5, 5.41) is 4.32. The van der Waals surface area contributed by atoms with Crippen molar-refractivity contribution in [2.45, 2.75) is 51.6 Å². The highest BCUT2D eigenvalue weighted by Gasteiger charge is 2.33. The molecule has 0 aliphatic rings. The lowest BCUT2D eigenvalue weighted by Crippen LogP contribution is -2.47. The fraction of sp³-hybridized carbons (Fsp3) is 0.529. The number of halogens is 3. The van der Waals surface area contributed by atoms with Crippen LogP contribution >= 0.6 is 0 Å². The van der Waals surface area contributed by atoms with Crippen molar-refractivity contribution in [2.75, 3.05) is 6.54 Å². The topological polar surface area (TPSA) is 76.7 Å². The zero-order valence-corrected chi connectivity index (χ0v) is 14.9. The van der Waals surface area contributed by atoms with Crippen LogP contribution < -0.4 is 10.6 Å². The highest BCUT2D eigenvalue weighted by Crippen LogP contribution is 2.21. The second-order valence-corrected chi connectivity index (χ2v) is 6.61. The van der Waals surface area contributed by atoms with E-state index in [0.717, 1.165) is 0 Å². The quantitative estimate of drug-likeness (QED) is 0.793. The lowest BCUT2D eigenvalue weighted by molar-refractivity contribution is -0.139. The molecule has 0 fully saturated rings. The Labute approximate surface area is 150 Å². The second-order valence-electron chi connectivity index (χ2n) is 6.61. The van der Waals surface area contributed by atoms with Crippen LogP contribution in [0.1, 0.15) is 32.8 Å². The third kappa shape index (κ3) is 10.4. The molecule has 2 N–H and O–H groups in total. The van der Waals surface area contributed by atoms with Crippen LogP contribution in [0.15, 0.2) is 30.3 Å². The summed E-state index contributed by atoms with van der Waals surface area (Å²) in [6.07, 6.45) is -7.71. The predicted octanol–water partition coefficient (Wildman–Crippen LogP) is 3.76. The number of carbonyl (C=O) groups is 2. The molecule has 0 saturated heterocycles. The van der Waals surface area contributed by atoms with Crippen LogP contribution in [0.5, 0.6) is 0 Å². The lowest BCUT2D eigenvalue weighted by Gasteiger charge is -2.23. The molecule has 0 bridgehead atoms. The maximum absolute atomic E-state index is 12.7. The average Bonchev–Trinajstić information content (AvgIpc) is 2.48. The van der Waals surface area contributed by atoms with Crippen molar-refractivity contribution in [3.8, 4) is 0 Å². The Hall–Kier alpha value is -2.45. The number of carbonyl (C=O) groups excluding carboxylic acids is 2. The van der Waals surface area contributed by atoms with Crippen LogP contribution in [0.4, 0.5) is 22.8 Å². The molecule has 6 nitrogen and oxygen atoms in total. The van der Waals surface area contributed by atoms with Crippen LogP contribution in [-0.4, -0.2) is 36.6 Å². The monoisotopic (exact) mass is 376 g/mol. The maximum Gasteiger partial charge on any atom is 0.407 e. The molecule has 0 unspecified atom stereocenters. The van der Waals surface area contributed by atoms with Gasteiger partial charge in [0.25, 0.3) is 0 Å². The molecular weight excluding hydrogens is 353 g/mol. The normalized spacial score (nSPS) is 12.8. The fourth-order valence-electron chi connectivity index (χ4n) is 1.91. The van der Waals surface area contributed by atoms with Crippen molar-refractivity contribution in [1.82, 2.24) is 10.6 Å². The largest absolute Gasteiger partial charge is 0.445 e. The minimum Gasteiger partial charge on any atom is -0.445 e. The van der Waals surface area contributed by atoms with E-state index in [1.807, 2.05) is 0 Å². The first-order valence-corrected chi connectivity index (χ1v) is 7.95. The summed E-state index contributed by atoms with van der Waals surface area (Å²) in [5.41, 5.74) is -0.0899. The Morgan fingerprint density at radius 2 is 1.69 bits per heavy atom. The minimum atomic E-state index is -4.52. The Bertz CT molecular complexity index is 586. The summed E-state index contributed by atoms with van der Waals surface area (Å²) in [6, 6.07) is 7.31. The van der Waals surface area contributed by atoms with Gasteiger partial charge in [-0.3, -0.25) is 0 Å². The molecule has 0 saturated carbocycles. The van der Waals surface area contributed by atoms with Crippen molar-refractivity contribution >= 4 is 12.2 Å². The first-order chi connectivity index (χ1) is 11.9. The standard InChI is InChI=1S/C17H23F3N2O4/c1-16(2,3)26-14(23)21-10-13(9-17(18,19)20)22-15(24)25-11-12-7-5-4-6-8-12/h4-8,13H,9-11H2,1-3H3,(H,21,23)(H,22,24)/t13-/m1/s1. The van der Waals surface area contributed by atoms with Crippen molar-refractivity contribution in [1.29, 1.82) is 0 Å². The SMILES string of the molecule is CC(C)(C)OC(=O)NC[C@@H](CC(F)(F)F)NC(=O)OCc1ccccc1. The first kappa shape index (κ1) is 21.6. The predicted molar refractivity (Wildman–Crippen MR) is 88.5 cm³/mol. The molecule has 0 spiro atoms. The molecule has 9 heteroatoms. The summed E-state index contributed by atoms with van der Waals surface area (Å²) in [6.45, 7) is 4.34. The van der Waals surface area contributed by atoms with Gasteiger partial charge in [-0.15, -0.1) is 0 Å². The van der Waals surface area contributed by atoms with Gasteiger partial charge in [-0.25, -0.2) is 9.59 Å². The number of amides is 2. The highest BCUT2D eigenvalue weighted by atomic mass is 19.4. The van der Waals surface area contributed by atoms with Gasteiger partial charge >= 0.3 is 18.4 Å². The van der Waals surface area contributed by atoms with Gasteiger partial charge in [-0.2, -0.15) is 13.2 Å². The Morgan fingerprint density at radius 3 is 2.23 bits per heavy atom. The Morgan fingerprint density at radius 1 is 1.08 bits per heavy atom. The summed E-state index contributed by atoms with van der Waals surface area (Å²) >= 11 is 0. The molecule has 2 amide bonds. The number of nitrogens with one attached hydrogen (secondary N) is 2. The van der Waals surface area contributed by atoms with Crippen LogP contribution in [0.2, 0.25) is 0 Å². The molecule has 0 heterocycles. The van der Waals surface area contributed by atoms with Gasteiger partial charge < -0.3 is 20.1 Å². The van der Waals surface area contributed by atoms with Gasteiger partial charge in [-0.05, 0) is 26.3 Å². The summed E-state index contributed by atoms with van der Waals surface area (Å²) in [5.74, 6) is 0. The van der Waals surface area contributed by atoms with Gasteiger partial charge in [0, 0.05) is 6.54 Å². The van der Waals surface area contributed by atoms with Gasteiger partial charge in [0.15, 0.2) is 0 Å². The van der Waals surface area contributed by atoms with Crippen molar-refractivity contribution in [3.63, 3.8) is 0 Å². The zero-order chi connectivity index (χ0) is 19.8. The number of ether oxygens (including phenoxy) is 2. The van der Waals surface area contributed by atoms with Crippen LogP contribution in [0.25, 0.3) is 0 Å². The fourth-order valence-corrected chi connectivity index (χ4v) is 1.91. The number of rotatable bonds is 6. The summed E-state index contributed by atoms with van der Waals surface area (Å²) in [7, 11) is 0. The highest BCUT2D eigenvalue weighted by molar-refractivity contribution is 5.69. The molecule has 0 radical (unpaired) electrons. The van der Waals surface area contributed by atoms with E-state index in [-0.39, 0.29) is 6.61 Å². The van der Waals surface area contributed by atoms with E-state index in [4.69, 9.17) is 9.47 Å². The summed E-state index contributed by atoms with van der Waals surface area (Å²) in [4.78, 5) is 23.3. The van der Waals surface area contributed by atoms with E-state index in [1.54, 1.807) is 51.1 Å². The molecule has 0 aliphatic heterocycles. The van der Waals surface area contributed by atoms with E-state index in [2.05, 4.69) is 10.6 Å². The third-order valence-corrected chi connectivity index (χ3v) is 2.90. The van der Waals surface area contributed by atoms with Crippen LogP contribution in [0.3, 0.4) is 0 Å². The molecule has 1 aromatic rings.